The minimum Gasteiger partial charge on any atom is -0.384 e. The summed E-state index contributed by atoms with van der Waals surface area (Å²) in [6.07, 6.45) is 1.81. The number of nitrogen functional groups attached to an aromatic ring is 1. The molecular formula is C14H22N4O2S. The van der Waals surface area contributed by atoms with Crippen LogP contribution in [0, 0.1) is 11.3 Å². The number of hydrogen-bond acceptors (Lipinski definition) is 3. The molecule has 1 aliphatic heterocycles. The van der Waals surface area contributed by atoms with E-state index in [0.29, 0.717) is 24.6 Å². The fraction of sp³-hybridized carbons (Fsp3) is 0.500. The summed E-state index contributed by atoms with van der Waals surface area (Å²) in [5.41, 5.74) is 6.82. The van der Waals surface area contributed by atoms with E-state index in [4.69, 9.17) is 11.1 Å². The fourth-order valence-corrected chi connectivity index (χ4v) is 3.56. The zero-order chi connectivity index (χ0) is 15.5. The maximum absolute atomic E-state index is 12.2. The number of hydrogen-bond donors (Lipinski definition) is 3. The molecule has 1 aromatic rings. The lowest BCUT2D eigenvalue weighted by Gasteiger charge is -2.29. The van der Waals surface area contributed by atoms with E-state index in [0.717, 1.165) is 18.4 Å². The second kappa shape index (κ2) is 6.55. The van der Waals surface area contributed by atoms with Gasteiger partial charge in [-0.15, -0.1) is 0 Å². The van der Waals surface area contributed by atoms with Crippen molar-refractivity contribution in [3.05, 3.63) is 35.4 Å². The summed E-state index contributed by atoms with van der Waals surface area (Å²) < 4.78 is 28.6. The Labute approximate surface area is 126 Å². The van der Waals surface area contributed by atoms with Crippen molar-refractivity contribution in [3.63, 3.8) is 0 Å². The van der Waals surface area contributed by atoms with Crippen LogP contribution >= 0.6 is 0 Å². The highest BCUT2D eigenvalue weighted by atomic mass is 32.2. The van der Waals surface area contributed by atoms with E-state index in [1.165, 1.54) is 4.31 Å². The first kappa shape index (κ1) is 15.9. The number of rotatable bonds is 5. The van der Waals surface area contributed by atoms with Crippen LogP contribution in [0.3, 0.4) is 0 Å². The Hall–Kier alpha value is -1.44. The van der Waals surface area contributed by atoms with Crippen LogP contribution < -0.4 is 10.5 Å². The number of piperidine rings is 1. The van der Waals surface area contributed by atoms with Crippen molar-refractivity contribution in [1.29, 1.82) is 5.41 Å². The largest absolute Gasteiger partial charge is 0.384 e. The van der Waals surface area contributed by atoms with E-state index in [1.54, 1.807) is 18.2 Å². The standard InChI is InChI=1S/C14H22N4O2S/c1-11-5-7-18(8-6-11)21(19,20)17-10-12-3-2-4-13(9-12)14(15)16/h2-4,9,11,17H,5-8,10H2,1H3,(H3,15,16). The topological polar surface area (TPSA) is 99.3 Å². The van der Waals surface area contributed by atoms with Crippen LogP contribution in [0.2, 0.25) is 0 Å². The van der Waals surface area contributed by atoms with Crippen molar-refractivity contribution in [3.8, 4) is 0 Å². The predicted octanol–water partition coefficient (Wildman–Crippen LogP) is 1.04. The van der Waals surface area contributed by atoms with Crippen LogP contribution in [-0.4, -0.2) is 31.6 Å². The van der Waals surface area contributed by atoms with Gasteiger partial charge in [-0.1, -0.05) is 25.1 Å². The fourth-order valence-electron chi connectivity index (χ4n) is 2.34. The van der Waals surface area contributed by atoms with Gasteiger partial charge in [0.05, 0.1) is 0 Å². The minimum absolute atomic E-state index is 0.0234. The van der Waals surface area contributed by atoms with E-state index in [2.05, 4.69) is 11.6 Å². The van der Waals surface area contributed by atoms with E-state index in [9.17, 15) is 8.42 Å². The Morgan fingerprint density at radius 3 is 2.71 bits per heavy atom. The summed E-state index contributed by atoms with van der Waals surface area (Å²) in [6.45, 7) is 3.49. The van der Waals surface area contributed by atoms with Crippen LogP contribution in [0.25, 0.3) is 0 Å². The average molecular weight is 310 g/mol. The molecular weight excluding hydrogens is 288 g/mol. The van der Waals surface area contributed by atoms with E-state index < -0.39 is 10.2 Å². The van der Waals surface area contributed by atoms with Crippen molar-refractivity contribution in [2.45, 2.75) is 26.3 Å². The number of nitrogens with one attached hydrogen (secondary N) is 2. The van der Waals surface area contributed by atoms with Crippen LogP contribution in [-0.2, 0) is 16.8 Å². The van der Waals surface area contributed by atoms with Crippen molar-refractivity contribution in [2.75, 3.05) is 13.1 Å². The lowest BCUT2D eigenvalue weighted by Crippen LogP contribution is -2.44. The molecule has 0 spiro atoms. The van der Waals surface area contributed by atoms with Gasteiger partial charge in [-0.05, 0) is 30.4 Å². The number of benzene rings is 1. The van der Waals surface area contributed by atoms with Gasteiger partial charge in [-0.2, -0.15) is 17.4 Å². The lowest BCUT2D eigenvalue weighted by atomic mass is 10.0. The van der Waals surface area contributed by atoms with Crippen molar-refractivity contribution >= 4 is 16.0 Å². The molecule has 1 saturated heterocycles. The van der Waals surface area contributed by atoms with Crippen molar-refractivity contribution in [1.82, 2.24) is 9.03 Å². The number of amidine groups is 1. The molecule has 116 valence electrons. The highest BCUT2D eigenvalue weighted by Gasteiger charge is 2.25. The van der Waals surface area contributed by atoms with Crippen molar-refractivity contribution < 1.29 is 8.42 Å². The minimum atomic E-state index is -3.44. The highest BCUT2D eigenvalue weighted by Crippen LogP contribution is 2.18. The van der Waals surface area contributed by atoms with Crippen LogP contribution in [0.4, 0.5) is 0 Å². The molecule has 1 fully saturated rings. The molecule has 6 nitrogen and oxygen atoms in total. The quantitative estimate of drug-likeness (QED) is 0.559. The molecule has 0 aliphatic carbocycles. The Morgan fingerprint density at radius 2 is 2.10 bits per heavy atom. The summed E-state index contributed by atoms with van der Waals surface area (Å²) in [6, 6.07) is 7.03. The smallest absolute Gasteiger partial charge is 0.279 e. The van der Waals surface area contributed by atoms with E-state index in [-0.39, 0.29) is 12.4 Å². The number of nitrogens with zero attached hydrogens (tertiary/aromatic N) is 1. The molecule has 0 unspecified atom stereocenters. The Bertz CT molecular complexity index is 607. The Kier molecular flexibility index (Phi) is 4.97. The van der Waals surface area contributed by atoms with Gasteiger partial charge < -0.3 is 5.73 Å². The van der Waals surface area contributed by atoms with Crippen LogP contribution in [0.15, 0.2) is 24.3 Å². The monoisotopic (exact) mass is 310 g/mol. The third-order valence-corrected chi connectivity index (χ3v) is 5.33. The normalized spacial score (nSPS) is 17.8. The third kappa shape index (κ3) is 4.26. The Balaban J connectivity index is 1.98. The molecule has 0 bridgehead atoms. The average Bonchev–Trinajstić information content (AvgIpc) is 2.46. The molecule has 0 atom stereocenters. The summed E-state index contributed by atoms with van der Waals surface area (Å²) in [4.78, 5) is 0. The first-order valence-electron chi connectivity index (χ1n) is 7.06. The molecule has 7 heteroatoms. The molecule has 1 aromatic carbocycles. The predicted molar refractivity (Wildman–Crippen MR) is 83.2 cm³/mol. The SMILES string of the molecule is CC1CCN(S(=O)(=O)NCc2cccc(C(=N)N)c2)CC1. The lowest BCUT2D eigenvalue weighted by molar-refractivity contribution is 0.285. The van der Waals surface area contributed by atoms with Gasteiger partial charge >= 0.3 is 0 Å². The molecule has 1 aliphatic rings. The molecule has 0 radical (unpaired) electrons. The van der Waals surface area contributed by atoms with Gasteiger partial charge in [0, 0.05) is 25.2 Å². The third-order valence-electron chi connectivity index (χ3n) is 3.78. The molecule has 21 heavy (non-hydrogen) atoms. The van der Waals surface area contributed by atoms with Crippen LogP contribution in [0.1, 0.15) is 30.9 Å². The summed E-state index contributed by atoms with van der Waals surface area (Å²) in [5, 5.41) is 7.40. The molecule has 1 heterocycles. The molecule has 4 N–H and O–H groups in total. The van der Waals surface area contributed by atoms with Gasteiger partial charge in [0.2, 0.25) is 0 Å². The second-order valence-corrected chi connectivity index (χ2v) is 7.28. The molecule has 0 amide bonds. The van der Waals surface area contributed by atoms with Crippen molar-refractivity contribution in [2.24, 2.45) is 11.7 Å². The summed E-state index contributed by atoms with van der Waals surface area (Å²) in [7, 11) is -3.44. The van der Waals surface area contributed by atoms with E-state index in [1.807, 2.05) is 6.07 Å². The summed E-state index contributed by atoms with van der Waals surface area (Å²) >= 11 is 0. The first-order chi connectivity index (χ1) is 9.88. The maximum Gasteiger partial charge on any atom is 0.279 e. The number of nitrogens with two attached hydrogens (primary N) is 1. The van der Waals surface area contributed by atoms with Gasteiger partial charge in [-0.3, -0.25) is 5.41 Å². The van der Waals surface area contributed by atoms with Gasteiger partial charge in [-0.25, -0.2) is 0 Å². The second-order valence-electron chi connectivity index (χ2n) is 5.52. The highest BCUT2D eigenvalue weighted by molar-refractivity contribution is 7.87. The zero-order valence-electron chi connectivity index (χ0n) is 12.2. The van der Waals surface area contributed by atoms with Gasteiger partial charge in [0.15, 0.2) is 0 Å². The van der Waals surface area contributed by atoms with Crippen LogP contribution in [0.5, 0.6) is 0 Å². The van der Waals surface area contributed by atoms with Gasteiger partial charge in [0.1, 0.15) is 5.84 Å². The molecule has 0 aromatic heterocycles. The zero-order valence-corrected chi connectivity index (χ0v) is 13.0. The van der Waals surface area contributed by atoms with Gasteiger partial charge in [0.25, 0.3) is 10.2 Å². The molecule has 2 rings (SSSR count). The first-order valence-corrected chi connectivity index (χ1v) is 8.50. The molecule has 0 saturated carbocycles. The maximum atomic E-state index is 12.2. The van der Waals surface area contributed by atoms with E-state index >= 15 is 0 Å². The Morgan fingerprint density at radius 1 is 1.43 bits per heavy atom. The summed E-state index contributed by atoms with van der Waals surface area (Å²) in [5.74, 6) is 0.563.